The predicted molar refractivity (Wildman–Crippen MR) is 119 cm³/mol. The summed E-state index contributed by atoms with van der Waals surface area (Å²) in [7, 11) is 1.71. The van der Waals surface area contributed by atoms with Crippen LogP contribution < -0.4 is 16.2 Å². The number of benzene rings is 1. The molecular weight excluding hydrogens is 362 g/mol. The number of anilines is 1. The Bertz CT molecular complexity index is 1100. The summed E-state index contributed by atoms with van der Waals surface area (Å²) < 4.78 is 1.49. The van der Waals surface area contributed by atoms with Gasteiger partial charge in [-0.05, 0) is 75.9 Å². The maximum absolute atomic E-state index is 12.7. The van der Waals surface area contributed by atoms with E-state index in [1.165, 1.54) is 28.5 Å². The molecule has 29 heavy (non-hydrogen) atoms. The average molecular weight is 392 g/mol. The predicted octanol–water partition coefficient (Wildman–Crippen LogP) is 3.59. The lowest BCUT2D eigenvalue weighted by Gasteiger charge is -2.24. The van der Waals surface area contributed by atoms with Gasteiger partial charge in [-0.25, -0.2) is 9.97 Å². The molecule has 3 heterocycles. The number of nitrogens with one attached hydrogen (secondary N) is 2. The van der Waals surface area contributed by atoms with Crippen LogP contribution in [0.15, 0.2) is 35.4 Å². The second-order valence-corrected chi connectivity index (χ2v) is 8.31. The van der Waals surface area contributed by atoms with Gasteiger partial charge in [0, 0.05) is 18.7 Å². The van der Waals surface area contributed by atoms with Gasteiger partial charge in [0.15, 0.2) is 0 Å². The highest BCUT2D eigenvalue weighted by Crippen LogP contribution is 2.32. The Kier molecular flexibility index (Phi) is 5.37. The molecule has 1 fully saturated rings. The van der Waals surface area contributed by atoms with Crippen molar-refractivity contribution in [2.75, 3.05) is 18.4 Å². The van der Waals surface area contributed by atoms with Gasteiger partial charge in [-0.3, -0.25) is 4.79 Å². The van der Waals surface area contributed by atoms with E-state index < -0.39 is 0 Å². The van der Waals surface area contributed by atoms with E-state index in [4.69, 9.17) is 4.98 Å². The quantitative estimate of drug-likeness (QED) is 0.711. The number of aryl methyl sites for hydroxylation is 2. The van der Waals surface area contributed by atoms with Crippen LogP contribution in [0.4, 0.5) is 5.82 Å². The molecule has 1 aliphatic heterocycles. The summed E-state index contributed by atoms with van der Waals surface area (Å²) in [6, 6.07) is 8.69. The van der Waals surface area contributed by atoms with Crippen molar-refractivity contribution in [1.29, 1.82) is 0 Å². The Labute approximate surface area is 171 Å². The minimum absolute atomic E-state index is 0.0883. The van der Waals surface area contributed by atoms with Crippen LogP contribution in [-0.2, 0) is 7.05 Å². The van der Waals surface area contributed by atoms with E-state index in [-0.39, 0.29) is 11.6 Å². The minimum atomic E-state index is -0.0883. The lowest BCUT2D eigenvalue weighted by Crippen LogP contribution is -2.26. The standard InChI is InChI=1S/C23H29N5O/c1-14(2)26-22-21-20(25-13-28(4)23(21)29)12-19(27-22)17-5-6-18(15(3)11-17)16-7-9-24-10-8-16/h5-6,11-14,16,24H,7-10H2,1-4H3,(H,26,27). The maximum Gasteiger partial charge on any atom is 0.264 e. The van der Waals surface area contributed by atoms with E-state index in [1.54, 1.807) is 13.4 Å². The van der Waals surface area contributed by atoms with Gasteiger partial charge in [-0.1, -0.05) is 12.1 Å². The van der Waals surface area contributed by atoms with Crippen LogP contribution in [0.3, 0.4) is 0 Å². The zero-order valence-corrected chi connectivity index (χ0v) is 17.6. The maximum atomic E-state index is 12.7. The topological polar surface area (TPSA) is 71.8 Å². The SMILES string of the molecule is Cc1cc(-c2cc3ncn(C)c(=O)c3c(NC(C)C)n2)ccc1C1CCNCC1. The highest BCUT2D eigenvalue weighted by molar-refractivity contribution is 5.91. The second-order valence-electron chi connectivity index (χ2n) is 8.31. The summed E-state index contributed by atoms with van der Waals surface area (Å²) in [5.41, 5.74) is 5.20. The molecule has 0 amide bonds. The smallest absolute Gasteiger partial charge is 0.264 e. The Morgan fingerprint density at radius 3 is 2.66 bits per heavy atom. The van der Waals surface area contributed by atoms with Crippen molar-refractivity contribution in [3.8, 4) is 11.3 Å². The fourth-order valence-electron chi connectivity index (χ4n) is 4.17. The molecule has 4 rings (SSSR count). The lowest BCUT2D eigenvalue weighted by atomic mass is 9.86. The van der Waals surface area contributed by atoms with E-state index in [0.29, 0.717) is 22.6 Å². The number of nitrogens with zero attached hydrogens (tertiary/aromatic N) is 3. The molecule has 0 aliphatic carbocycles. The Morgan fingerprint density at radius 1 is 1.21 bits per heavy atom. The Balaban J connectivity index is 1.80. The Morgan fingerprint density at radius 2 is 1.97 bits per heavy atom. The third kappa shape index (κ3) is 3.90. The molecule has 1 aliphatic rings. The number of hydrogen-bond donors (Lipinski definition) is 2. The van der Waals surface area contributed by atoms with Gasteiger partial charge < -0.3 is 15.2 Å². The molecule has 2 aromatic heterocycles. The normalized spacial score (nSPS) is 15.2. The number of piperidine rings is 1. The highest BCUT2D eigenvalue weighted by Gasteiger charge is 2.18. The van der Waals surface area contributed by atoms with Crippen LogP contribution in [0, 0.1) is 6.92 Å². The number of aromatic nitrogens is 3. The molecule has 152 valence electrons. The number of pyridine rings is 1. The van der Waals surface area contributed by atoms with E-state index in [0.717, 1.165) is 24.3 Å². The molecule has 0 saturated carbocycles. The van der Waals surface area contributed by atoms with Gasteiger partial charge in [0.05, 0.1) is 17.5 Å². The summed E-state index contributed by atoms with van der Waals surface area (Å²) in [5, 5.41) is 7.31. The first-order valence-corrected chi connectivity index (χ1v) is 10.4. The van der Waals surface area contributed by atoms with E-state index >= 15 is 0 Å². The van der Waals surface area contributed by atoms with Crippen LogP contribution in [0.1, 0.15) is 43.7 Å². The fourth-order valence-corrected chi connectivity index (χ4v) is 4.17. The van der Waals surface area contributed by atoms with Gasteiger partial charge in [-0.15, -0.1) is 0 Å². The van der Waals surface area contributed by atoms with Gasteiger partial charge in [0.1, 0.15) is 11.2 Å². The van der Waals surface area contributed by atoms with Crippen molar-refractivity contribution < 1.29 is 0 Å². The zero-order valence-electron chi connectivity index (χ0n) is 17.6. The van der Waals surface area contributed by atoms with Crippen LogP contribution in [0.2, 0.25) is 0 Å². The van der Waals surface area contributed by atoms with Crippen molar-refractivity contribution >= 4 is 16.7 Å². The van der Waals surface area contributed by atoms with Crippen molar-refractivity contribution in [3.05, 3.63) is 52.1 Å². The number of rotatable bonds is 4. The first-order chi connectivity index (χ1) is 13.9. The van der Waals surface area contributed by atoms with Crippen LogP contribution in [0.5, 0.6) is 0 Å². The highest BCUT2D eigenvalue weighted by atomic mass is 16.1. The molecular formula is C23H29N5O. The molecule has 0 unspecified atom stereocenters. The molecule has 6 heteroatoms. The third-order valence-electron chi connectivity index (χ3n) is 5.67. The second kappa shape index (κ2) is 7.95. The minimum Gasteiger partial charge on any atom is -0.367 e. The summed E-state index contributed by atoms with van der Waals surface area (Å²) in [6.45, 7) is 8.44. The average Bonchev–Trinajstić information content (AvgIpc) is 2.70. The van der Waals surface area contributed by atoms with Crippen LogP contribution in [0.25, 0.3) is 22.2 Å². The molecule has 0 atom stereocenters. The molecule has 1 aromatic carbocycles. The summed E-state index contributed by atoms with van der Waals surface area (Å²) in [6.07, 6.45) is 3.94. The molecule has 0 bridgehead atoms. The van der Waals surface area contributed by atoms with Crippen molar-refractivity contribution in [2.24, 2.45) is 7.05 Å². The van der Waals surface area contributed by atoms with Crippen molar-refractivity contribution in [3.63, 3.8) is 0 Å². The molecule has 0 radical (unpaired) electrons. The van der Waals surface area contributed by atoms with Gasteiger partial charge in [0.25, 0.3) is 5.56 Å². The fraction of sp³-hybridized carbons (Fsp3) is 0.435. The number of fused-ring (bicyclic) bond motifs is 1. The Hall–Kier alpha value is -2.73. The van der Waals surface area contributed by atoms with Gasteiger partial charge >= 0.3 is 0 Å². The molecule has 3 aromatic rings. The molecule has 0 spiro atoms. The third-order valence-corrected chi connectivity index (χ3v) is 5.67. The number of hydrogen-bond acceptors (Lipinski definition) is 5. The van der Waals surface area contributed by atoms with E-state index in [2.05, 4.69) is 40.7 Å². The van der Waals surface area contributed by atoms with Gasteiger partial charge in [-0.2, -0.15) is 0 Å². The first kappa shape index (κ1) is 19.6. The molecule has 2 N–H and O–H groups in total. The van der Waals surface area contributed by atoms with Crippen molar-refractivity contribution in [2.45, 2.75) is 45.6 Å². The zero-order chi connectivity index (χ0) is 20.5. The van der Waals surface area contributed by atoms with E-state index in [9.17, 15) is 4.79 Å². The molecule has 1 saturated heterocycles. The summed E-state index contributed by atoms with van der Waals surface area (Å²) in [5.74, 6) is 1.22. The monoisotopic (exact) mass is 391 g/mol. The van der Waals surface area contributed by atoms with E-state index in [1.807, 2.05) is 19.9 Å². The van der Waals surface area contributed by atoms with Crippen LogP contribution in [-0.4, -0.2) is 33.7 Å². The summed E-state index contributed by atoms with van der Waals surface area (Å²) in [4.78, 5) is 22.0. The largest absolute Gasteiger partial charge is 0.367 e. The van der Waals surface area contributed by atoms with Gasteiger partial charge in [0.2, 0.25) is 0 Å². The van der Waals surface area contributed by atoms with Crippen molar-refractivity contribution in [1.82, 2.24) is 19.9 Å². The lowest BCUT2D eigenvalue weighted by molar-refractivity contribution is 0.459. The molecule has 6 nitrogen and oxygen atoms in total. The first-order valence-electron chi connectivity index (χ1n) is 10.4. The van der Waals surface area contributed by atoms with Crippen LogP contribution >= 0.6 is 0 Å². The summed E-state index contributed by atoms with van der Waals surface area (Å²) >= 11 is 0.